The van der Waals surface area contributed by atoms with Gasteiger partial charge in [-0.05, 0) is 11.8 Å². The molecule has 0 radical (unpaired) electrons. The van der Waals surface area contributed by atoms with E-state index in [2.05, 4.69) is 10.6 Å². The second-order valence-electron chi connectivity index (χ2n) is 4.91. The fourth-order valence-electron chi connectivity index (χ4n) is 0.998. The van der Waals surface area contributed by atoms with Crippen molar-refractivity contribution in [2.24, 2.45) is 11.1 Å². The molecule has 0 aromatic heterocycles. The molecular weight excluding hydrogens is 206 g/mol. The molecule has 0 rings (SSSR count). The Morgan fingerprint density at radius 3 is 2.25 bits per heavy atom. The minimum atomic E-state index is -0.605. The third-order valence-corrected chi connectivity index (χ3v) is 2.21. The summed E-state index contributed by atoms with van der Waals surface area (Å²) < 4.78 is 0. The van der Waals surface area contributed by atoms with E-state index in [-0.39, 0.29) is 23.8 Å². The number of amides is 2. The van der Waals surface area contributed by atoms with Crippen molar-refractivity contribution in [2.75, 3.05) is 13.1 Å². The van der Waals surface area contributed by atoms with Crippen LogP contribution in [0.1, 0.15) is 34.1 Å². The van der Waals surface area contributed by atoms with Crippen molar-refractivity contribution >= 4 is 11.8 Å². The van der Waals surface area contributed by atoms with Crippen LogP contribution in [0.25, 0.3) is 0 Å². The summed E-state index contributed by atoms with van der Waals surface area (Å²) in [6, 6.07) is -0.605. The Kier molecular flexibility index (Phi) is 6.03. The number of nitrogens with two attached hydrogens (primary N) is 1. The Hall–Kier alpha value is -1.10. The molecule has 94 valence electrons. The van der Waals surface area contributed by atoms with Crippen LogP contribution in [-0.4, -0.2) is 30.9 Å². The molecule has 4 N–H and O–H groups in total. The summed E-state index contributed by atoms with van der Waals surface area (Å²) in [7, 11) is 0. The van der Waals surface area contributed by atoms with E-state index in [1.165, 1.54) is 0 Å². The third-order valence-electron chi connectivity index (χ3n) is 2.21. The molecule has 0 unspecified atom stereocenters. The molecule has 1 atom stereocenters. The zero-order valence-electron chi connectivity index (χ0n) is 10.6. The van der Waals surface area contributed by atoms with Crippen molar-refractivity contribution in [3.63, 3.8) is 0 Å². The van der Waals surface area contributed by atoms with E-state index >= 15 is 0 Å². The van der Waals surface area contributed by atoms with E-state index in [9.17, 15) is 9.59 Å². The second kappa shape index (κ2) is 6.48. The predicted octanol–water partition coefficient (Wildman–Crippen LogP) is 0.00220. The number of rotatable bonds is 5. The number of carbonyl (C=O) groups is 2. The fourth-order valence-corrected chi connectivity index (χ4v) is 0.998. The van der Waals surface area contributed by atoms with Gasteiger partial charge in [-0.15, -0.1) is 0 Å². The summed E-state index contributed by atoms with van der Waals surface area (Å²) in [6.07, 6.45) is 0.876. The first-order valence-corrected chi connectivity index (χ1v) is 5.59. The van der Waals surface area contributed by atoms with Crippen molar-refractivity contribution in [3.8, 4) is 0 Å². The summed E-state index contributed by atoms with van der Waals surface area (Å²) in [5.41, 5.74) is 5.44. The Balaban J connectivity index is 3.94. The van der Waals surface area contributed by atoms with Crippen molar-refractivity contribution in [2.45, 2.75) is 40.2 Å². The largest absolute Gasteiger partial charge is 0.355 e. The molecule has 0 aromatic rings. The van der Waals surface area contributed by atoms with Crippen LogP contribution in [0.3, 0.4) is 0 Å². The Labute approximate surface area is 97.2 Å². The van der Waals surface area contributed by atoms with Crippen LogP contribution >= 0.6 is 0 Å². The van der Waals surface area contributed by atoms with E-state index in [1.807, 2.05) is 27.7 Å². The van der Waals surface area contributed by atoms with E-state index in [0.29, 0.717) is 6.54 Å². The number of hydrogen-bond acceptors (Lipinski definition) is 3. The molecule has 0 aliphatic rings. The van der Waals surface area contributed by atoms with E-state index in [1.54, 1.807) is 0 Å². The number of nitrogens with one attached hydrogen (secondary N) is 2. The van der Waals surface area contributed by atoms with Crippen LogP contribution in [0, 0.1) is 5.41 Å². The van der Waals surface area contributed by atoms with Gasteiger partial charge in [0.05, 0.1) is 12.6 Å². The lowest BCUT2D eigenvalue weighted by Gasteiger charge is -2.25. The minimum absolute atomic E-state index is 0.0113. The van der Waals surface area contributed by atoms with Crippen molar-refractivity contribution in [3.05, 3.63) is 0 Å². The van der Waals surface area contributed by atoms with E-state index in [0.717, 1.165) is 6.42 Å². The van der Waals surface area contributed by atoms with Gasteiger partial charge in [0.15, 0.2) is 0 Å². The highest BCUT2D eigenvalue weighted by Gasteiger charge is 2.27. The smallest absolute Gasteiger partial charge is 0.239 e. The van der Waals surface area contributed by atoms with Gasteiger partial charge in [-0.25, -0.2) is 0 Å². The minimum Gasteiger partial charge on any atom is -0.355 e. The SMILES string of the molecule is CCCNC(=O)CNC(=O)[C@H](N)C(C)(C)C. The molecule has 2 amide bonds. The Morgan fingerprint density at radius 1 is 1.25 bits per heavy atom. The van der Waals surface area contributed by atoms with Crippen molar-refractivity contribution in [1.82, 2.24) is 10.6 Å². The van der Waals surface area contributed by atoms with Gasteiger partial charge < -0.3 is 16.4 Å². The van der Waals surface area contributed by atoms with Gasteiger partial charge in [0.25, 0.3) is 0 Å². The zero-order chi connectivity index (χ0) is 12.8. The Bertz CT molecular complexity index is 246. The second-order valence-corrected chi connectivity index (χ2v) is 4.91. The maximum atomic E-state index is 11.6. The predicted molar refractivity (Wildman–Crippen MR) is 63.7 cm³/mol. The van der Waals surface area contributed by atoms with Crippen LogP contribution in [0.4, 0.5) is 0 Å². The first-order valence-electron chi connectivity index (χ1n) is 5.59. The highest BCUT2D eigenvalue weighted by molar-refractivity contribution is 5.87. The quantitative estimate of drug-likeness (QED) is 0.620. The van der Waals surface area contributed by atoms with Crippen LogP contribution in [0.2, 0.25) is 0 Å². The van der Waals surface area contributed by atoms with Crippen molar-refractivity contribution < 1.29 is 9.59 Å². The monoisotopic (exact) mass is 229 g/mol. The average molecular weight is 229 g/mol. The first kappa shape index (κ1) is 14.9. The number of carbonyl (C=O) groups excluding carboxylic acids is 2. The molecule has 0 fully saturated rings. The molecule has 0 aromatic carbocycles. The van der Waals surface area contributed by atoms with Crippen molar-refractivity contribution in [1.29, 1.82) is 0 Å². The molecule has 0 aliphatic heterocycles. The molecule has 5 heteroatoms. The zero-order valence-corrected chi connectivity index (χ0v) is 10.6. The standard InChI is InChI=1S/C11H23N3O2/c1-5-6-13-8(15)7-14-10(16)9(12)11(2,3)4/h9H,5-7,12H2,1-4H3,(H,13,15)(H,14,16)/t9-/m0/s1. The van der Waals surface area contributed by atoms with Gasteiger partial charge in [0.1, 0.15) is 0 Å². The lowest BCUT2D eigenvalue weighted by molar-refractivity contribution is -0.128. The van der Waals surface area contributed by atoms with E-state index < -0.39 is 6.04 Å². The maximum absolute atomic E-state index is 11.6. The summed E-state index contributed by atoms with van der Waals surface area (Å²) in [6.45, 7) is 8.23. The highest BCUT2D eigenvalue weighted by atomic mass is 16.2. The average Bonchev–Trinajstić information content (AvgIpc) is 2.20. The van der Waals surface area contributed by atoms with Gasteiger partial charge in [-0.3, -0.25) is 9.59 Å². The fraction of sp³-hybridized carbons (Fsp3) is 0.818. The maximum Gasteiger partial charge on any atom is 0.239 e. The highest BCUT2D eigenvalue weighted by Crippen LogP contribution is 2.16. The summed E-state index contributed by atoms with van der Waals surface area (Å²) in [5.74, 6) is -0.476. The van der Waals surface area contributed by atoms with Gasteiger partial charge in [0, 0.05) is 6.54 Å². The molecule has 0 bridgehead atoms. The Morgan fingerprint density at radius 2 is 1.81 bits per heavy atom. The summed E-state index contributed by atoms with van der Waals surface area (Å²) in [5, 5.41) is 5.19. The molecule has 0 saturated heterocycles. The lowest BCUT2D eigenvalue weighted by atomic mass is 9.87. The molecule has 0 saturated carbocycles. The third kappa shape index (κ3) is 5.70. The van der Waals surface area contributed by atoms with Crippen LogP contribution in [-0.2, 0) is 9.59 Å². The molecular formula is C11H23N3O2. The lowest BCUT2D eigenvalue weighted by Crippen LogP contribution is -2.50. The molecule has 0 heterocycles. The first-order chi connectivity index (χ1) is 7.29. The van der Waals surface area contributed by atoms with Gasteiger partial charge in [-0.2, -0.15) is 0 Å². The van der Waals surface area contributed by atoms with Gasteiger partial charge in [0.2, 0.25) is 11.8 Å². The molecule has 0 spiro atoms. The number of hydrogen-bond donors (Lipinski definition) is 3. The summed E-state index contributed by atoms with van der Waals surface area (Å²) in [4.78, 5) is 22.8. The molecule has 0 aliphatic carbocycles. The van der Waals surface area contributed by atoms with Crippen LogP contribution < -0.4 is 16.4 Å². The van der Waals surface area contributed by atoms with Crippen LogP contribution in [0.15, 0.2) is 0 Å². The van der Waals surface area contributed by atoms with E-state index in [4.69, 9.17) is 5.73 Å². The topological polar surface area (TPSA) is 84.2 Å². The van der Waals surface area contributed by atoms with Crippen LogP contribution in [0.5, 0.6) is 0 Å². The summed E-state index contributed by atoms with van der Waals surface area (Å²) >= 11 is 0. The van der Waals surface area contributed by atoms with Gasteiger partial charge >= 0.3 is 0 Å². The molecule has 5 nitrogen and oxygen atoms in total. The normalized spacial score (nSPS) is 13.1. The molecule has 16 heavy (non-hydrogen) atoms. The van der Waals surface area contributed by atoms with Gasteiger partial charge in [-0.1, -0.05) is 27.7 Å².